The van der Waals surface area contributed by atoms with Crippen LogP contribution in [0.4, 0.5) is 11.6 Å². The van der Waals surface area contributed by atoms with Crippen LogP contribution in [0.3, 0.4) is 0 Å². The molecule has 0 aliphatic carbocycles. The van der Waals surface area contributed by atoms with E-state index in [1.54, 1.807) is 6.33 Å². The third-order valence-corrected chi connectivity index (χ3v) is 4.67. The van der Waals surface area contributed by atoms with Crippen LogP contribution in [0.25, 0.3) is 0 Å². The molecule has 2 fully saturated rings. The lowest BCUT2D eigenvalue weighted by molar-refractivity contribution is 0.252. The number of hydrogen-bond acceptors (Lipinski definition) is 5. The Morgan fingerprint density at radius 1 is 1.10 bits per heavy atom. The predicted molar refractivity (Wildman–Crippen MR) is 82.4 cm³/mol. The molecule has 0 atom stereocenters. The lowest BCUT2D eigenvalue weighted by Gasteiger charge is -2.35. The maximum Gasteiger partial charge on any atom is 0.134 e. The smallest absolute Gasteiger partial charge is 0.134 e. The molecular formula is C15H25N5. The van der Waals surface area contributed by atoms with Crippen molar-refractivity contribution >= 4 is 11.6 Å². The molecule has 0 spiro atoms. The normalized spacial score (nSPS) is 21.4. The molecule has 0 radical (unpaired) electrons. The highest BCUT2D eigenvalue weighted by Crippen LogP contribution is 2.24. The van der Waals surface area contributed by atoms with Gasteiger partial charge < -0.3 is 14.7 Å². The van der Waals surface area contributed by atoms with Crippen molar-refractivity contribution in [3.8, 4) is 0 Å². The molecule has 2 aliphatic rings. The average molecular weight is 275 g/mol. The van der Waals surface area contributed by atoms with Gasteiger partial charge in [0.25, 0.3) is 0 Å². The molecule has 3 rings (SSSR count). The van der Waals surface area contributed by atoms with Crippen LogP contribution in [-0.4, -0.2) is 61.2 Å². The lowest BCUT2D eigenvalue weighted by atomic mass is 10.0. The van der Waals surface area contributed by atoms with E-state index in [0.717, 1.165) is 24.7 Å². The van der Waals surface area contributed by atoms with Gasteiger partial charge in [-0.3, -0.25) is 0 Å². The number of hydrogen-bond donors (Lipinski definition) is 0. The highest BCUT2D eigenvalue weighted by Gasteiger charge is 2.22. The third-order valence-electron chi connectivity index (χ3n) is 4.67. The van der Waals surface area contributed by atoms with E-state index in [2.05, 4.69) is 44.8 Å². The SMILES string of the molecule is CN1CCC(N(C)c2cc(N3CCCC3)ncn2)CC1. The topological polar surface area (TPSA) is 35.5 Å². The summed E-state index contributed by atoms with van der Waals surface area (Å²) in [5.41, 5.74) is 0. The Kier molecular flexibility index (Phi) is 4.05. The zero-order chi connectivity index (χ0) is 13.9. The van der Waals surface area contributed by atoms with Crippen molar-refractivity contribution in [2.45, 2.75) is 31.7 Å². The van der Waals surface area contributed by atoms with Gasteiger partial charge in [0.2, 0.25) is 0 Å². The summed E-state index contributed by atoms with van der Waals surface area (Å²) in [4.78, 5) is 16.0. The van der Waals surface area contributed by atoms with Crippen molar-refractivity contribution in [3.63, 3.8) is 0 Å². The first-order valence-electron chi connectivity index (χ1n) is 7.72. The lowest BCUT2D eigenvalue weighted by Crippen LogP contribution is -2.42. The molecule has 3 heterocycles. The third kappa shape index (κ3) is 2.87. The standard InChI is InChI=1S/C15H25N5/c1-18-9-5-13(6-10-18)19(2)14-11-15(17-12-16-14)20-7-3-4-8-20/h11-13H,3-10H2,1-2H3. The first kappa shape index (κ1) is 13.6. The summed E-state index contributed by atoms with van der Waals surface area (Å²) in [6.07, 6.45) is 6.72. The van der Waals surface area contributed by atoms with Gasteiger partial charge in [0.05, 0.1) is 0 Å². The molecule has 20 heavy (non-hydrogen) atoms. The maximum absolute atomic E-state index is 4.48. The molecule has 0 amide bonds. The van der Waals surface area contributed by atoms with Crippen LogP contribution < -0.4 is 9.80 Å². The number of aromatic nitrogens is 2. The Bertz CT molecular complexity index is 436. The Hall–Kier alpha value is -1.36. The van der Waals surface area contributed by atoms with Crippen LogP contribution >= 0.6 is 0 Å². The van der Waals surface area contributed by atoms with Crippen LogP contribution in [-0.2, 0) is 0 Å². The fraction of sp³-hybridized carbons (Fsp3) is 0.733. The maximum atomic E-state index is 4.48. The zero-order valence-electron chi connectivity index (χ0n) is 12.6. The number of piperidine rings is 1. The molecule has 1 aromatic rings. The second-order valence-corrected chi connectivity index (χ2v) is 6.07. The molecule has 2 aliphatic heterocycles. The van der Waals surface area contributed by atoms with Crippen LogP contribution in [0, 0.1) is 0 Å². The van der Waals surface area contributed by atoms with Crippen molar-refractivity contribution in [1.82, 2.24) is 14.9 Å². The van der Waals surface area contributed by atoms with E-state index in [4.69, 9.17) is 0 Å². The van der Waals surface area contributed by atoms with Gasteiger partial charge in [-0.2, -0.15) is 0 Å². The first-order valence-corrected chi connectivity index (χ1v) is 7.72. The first-order chi connectivity index (χ1) is 9.74. The predicted octanol–water partition coefficient (Wildman–Crippen LogP) is 1.61. The molecular weight excluding hydrogens is 250 g/mol. The van der Waals surface area contributed by atoms with Gasteiger partial charge in [-0.05, 0) is 45.8 Å². The van der Waals surface area contributed by atoms with Gasteiger partial charge in [-0.25, -0.2) is 9.97 Å². The van der Waals surface area contributed by atoms with Crippen LogP contribution in [0.15, 0.2) is 12.4 Å². The summed E-state index contributed by atoms with van der Waals surface area (Å²) in [6, 6.07) is 2.76. The molecule has 0 bridgehead atoms. The number of likely N-dealkylation sites (tertiary alicyclic amines) is 1. The largest absolute Gasteiger partial charge is 0.356 e. The Morgan fingerprint density at radius 2 is 1.80 bits per heavy atom. The van der Waals surface area contributed by atoms with Gasteiger partial charge in [0.1, 0.15) is 18.0 Å². The van der Waals surface area contributed by atoms with Crippen LogP contribution in [0.1, 0.15) is 25.7 Å². The van der Waals surface area contributed by atoms with E-state index >= 15 is 0 Å². The second kappa shape index (κ2) is 5.95. The average Bonchev–Trinajstić information content (AvgIpc) is 3.02. The van der Waals surface area contributed by atoms with Gasteiger partial charge in [-0.1, -0.05) is 0 Å². The fourth-order valence-corrected chi connectivity index (χ4v) is 3.22. The Balaban J connectivity index is 1.71. The summed E-state index contributed by atoms with van der Waals surface area (Å²) >= 11 is 0. The Morgan fingerprint density at radius 3 is 2.50 bits per heavy atom. The number of rotatable bonds is 3. The van der Waals surface area contributed by atoms with E-state index in [9.17, 15) is 0 Å². The molecule has 0 N–H and O–H groups in total. The molecule has 2 saturated heterocycles. The van der Waals surface area contributed by atoms with E-state index < -0.39 is 0 Å². The Labute approximate surface area is 121 Å². The molecule has 0 unspecified atom stereocenters. The highest BCUT2D eigenvalue weighted by molar-refractivity contribution is 5.50. The molecule has 1 aromatic heterocycles. The van der Waals surface area contributed by atoms with E-state index in [0.29, 0.717) is 6.04 Å². The highest BCUT2D eigenvalue weighted by atomic mass is 15.2. The van der Waals surface area contributed by atoms with Crippen molar-refractivity contribution in [2.75, 3.05) is 50.1 Å². The van der Waals surface area contributed by atoms with Crippen molar-refractivity contribution in [1.29, 1.82) is 0 Å². The van der Waals surface area contributed by atoms with Gasteiger partial charge >= 0.3 is 0 Å². The zero-order valence-corrected chi connectivity index (χ0v) is 12.6. The van der Waals surface area contributed by atoms with Gasteiger partial charge in [-0.15, -0.1) is 0 Å². The second-order valence-electron chi connectivity index (χ2n) is 6.07. The van der Waals surface area contributed by atoms with Gasteiger partial charge in [0.15, 0.2) is 0 Å². The van der Waals surface area contributed by atoms with E-state index in [-0.39, 0.29) is 0 Å². The molecule has 0 aromatic carbocycles. The van der Waals surface area contributed by atoms with Crippen molar-refractivity contribution in [2.24, 2.45) is 0 Å². The number of nitrogens with zero attached hydrogens (tertiary/aromatic N) is 5. The molecule has 5 nitrogen and oxygen atoms in total. The van der Waals surface area contributed by atoms with Crippen molar-refractivity contribution < 1.29 is 0 Å². The summed E-state index contributed by atoms with van der Waals surface area (Å²) < 4.78 is 0. The minimum atomic E-state index is 0.604. The molecule has 5 heteroatoms. The minimum absolute atomic E-state index is 0.604. The summed E-state index contributed by atoms with van der Waals surface area (Å²) in [5, 5.41) is 0. The summed E-state index contributed by atoms with van der Waals surface area (Å²) in [5.74, 6) is 2.16. The molecule has 0 saturated carbocycles. The monoisotopic (exact) mass is 275 g/mol. The minimum Gasteiger partial charge on any atom is -0.356 e. The fourth-order valence-electron chi connectivity index (χ4n) is 3.22. The van der Waals surface area contributed by atoms with Gasteiger partial charge in [0, 0.05) is 32.2 Å². The van der Waals surface area contributed by atoms with Crippen molar-refractivity contribution in [3.05, 3.63) is 12.4 Å². The quantitative estimate of drug-likeness (QED) is 0.837. The van der Waals surface area contributed by atoms with E-state index in [1.165, 1.54) is 38.8 Å². The summed E-state index contributed by atoms with van der Waals surface area (Å²) in [6.45, 7) is 4.63. The van der Waals surface area contributed by atoms with Crippen LogP contribution in [0.2, 0.25) is 0 Å². The number of anilines is 2. The van der Waals surface area contributed by atoms with E-state index in [1.807, 2.05) is 0 Å². The summed E-state index contributed by atoms with van der Waals surface area (Å²) in [7, 11) is 4.37. The molecule has 110 valence electrons. The van der Waals surface area contributed by atoms with Crippen LogP contribution in [0.5, 0.6) is 0 Å².